The third kappa shape index (κ3) is 2.65. The van der Waals surface area contributed by atoms with Gasteiger partial charge in [-0.05, 0) is 6.92 Å². The normalized spacial score (nSPS) is 19.7. The predicted octanol–water partition coefficient (Wildman–Crippen LogP) is 0.476. The van der Waals surface area contributed by atoms with E-state index in [1.165, 1.54) is 0 Å². The van der Waals surface area contributed by atoms with Crippen LogP contribution in [0.3, 0.4) is 0 Å². The van der Waals surface area contributed by atoms with Crippen LogP contribution in [0.2, 0.25) is 0 Å². The fourth-order valence-electron chi connectivity index (χ4n) is 2.42. The molecule has 20 heavy (non-hydrogen) atoms. The molecule has 0 aromatic carbocycles. The molecule has 1 aliphatic rings. The Morgan fingerprint density at radius 2 is 2.00 bits per heavy atom. The highest BCUT2D eigenvalue weighted by Gasteiger charge is 2.41. The van der Waals surface area contributed by atoms with Gasteiger partial charge in [-0.3, -0.25) is 4.90 Å². The molecule has 1 aromatic heterocycles. The van der Waals surface area contributed by atoms with Crippen LogP contribution in [0.15, 0.2) is 0 Å². The summed E-state index contributed by atoms with van der Waals surface area (Å²) in [5.41, 5.74) is 5.35. The maximum Gasteiger partial charge on any atom is 0.451 e. The van der Waals surface area contributed by atoms with E-state index in [1.54, 1.807) is 7.11 Å². The van der Waals surface area contributed by atoms with Crippen molar-refractivity contribution in [2.24, 2.45) is 5.73 Å². The van der Waals surface area contributed by atoms with Crippen LogP contribution in [-0.4, -0.2) is 52.0 Å². The third-order valence-electron chi connectivity index (χ3n) is 3.67. The number of halogens is 3. The fraction of sp³-hybridized carbons (Fsp3) is 0.818. The highest BCUT2D eigenvalue weighted by atomic mass is 19.4. The van der Waals surface area contributed by atoms with E-state index in [0.29, 0.717) is 25.5 Å². The Hall–Kier alpha value is -1.19. The Morgan fingerprint density at radius 3 is 2.55 bits per heavy atom. The van der Waals surface area contributed by atoms with Gasteiger partial charge in [-0.15, -0.1) is 10.2 Å². The van der Waals surface area contributed by atoms with Crippen LogP contribution in [0.25, 0.3) is 0 Å². The standard InChI is InChI=1S/C11H18F3N5O/c1-10(6-15,7-20-2)18-3-4-19-8(5-18)16-17-9(19)11(12,13)14/h3-7,15H2,1-2H3. The summed E-state index contributed by atoms with van der Waals surface area (Å²) in [5, 5.41) is 6.91. The van der Waals surface area contributed by atoms with E-state index in [1.807, 2.05) is 11.8 Å². The molecule has 2 rings (SSSR count). The molecule has 0 aliphatic carbocycles. The molecule has 0 spiro atoms. The number of methoxy groups -OCH3 is 1. The van der Waals surface area contributed by atoms with Crippen molar-refractivity contribution >= 4 is 0 Å². The molecule has 0 bridgehead atoms. The predicted molar refractivity (Wildman–Crippen MR) is 64.8 cm³/mol. The summed E-state index contributed by atoms with van der Waals surface area (Å²) in [4.78, 5) is 1.99. The first-order chi connectivity index (χ1) is 9.31. The maximum absolute atomic E-state index is 12.8. The Morgan fingerprint density at radius 1 is 1.30 bits per heavy atom. The second kappa shape index (κ2) is 5.30. The van der Waals surface area contributed by atoms with Crippen LogP contribution in [0.1, 0.15) is 18.6 Å². The summed E-state index contributed by atoms with van der Waals surface area (Å²) in [5.74, 6) is -0.632. The molecule has 0 fully saturated rings. The molecule has 0 saturated carbocycles. The van der Waals surface area contributed by atoms with E-state index < -0.39 is 17.5 Å². The average molecular weight is 293 g/mol. The third-order valence-corrected chi connectivity index (χ3v) is 3.67. The first-order valence-corrected chi connectivity index (χ1v) is 6.25. The molecule has 2 heterocycles. The first-order valence-electron chi connectivity index (χ1n) is 6.25. The molecule has 1 unspecified atom stereocenters. The van der Waals surface area contributed by atoms with Gasteiger partial charge >= 0.3 is 6.18 Å². The van der Waals surface area contributed by atoms with Crippen molar-refractivity contribution in [2.75, 3.05) is 26.8 Å². The van der Waals surface area contributed by atoms with Crippen molar-refractivity contribution in [3.05, 3.63) is 11.6 Å². The molecule has 0 saturated heterocycles. The van der Waals surface area contributed by atoms with Gasteiger partial charge in [-0.2, -0.15) is 13.2 Å². The number of ether oxygens (including phenoxy) is 1. The quantitative estimate of drug-likeness (QED) is 0.874. The van der Waals surface area contributed by atoms with Gasteiger partial charge in [-0.1, -0.05) is 0 Å². The molecular formula is C11H18F3N5O. The number of hydrogen-bond donors (Lipinski definition) is 1. The van der Waals surface area contributed by atoms with Crippen molar-refractivity contribution in [2.45, 2.75) is 31.7 Å². The molecular weight excluding hydrogens is 275 g/mol. The SMILES string of the molecule is COCC(C)(CN)N1CCn2c(nnc2C(F)(F)F)C1. The number of aromatic nitrogens is 3. The van der Waals surface area contributed by atoms with Crippen molar-refractivity contribution in [3.63, 3.8) is 0 Å². The topological polar surface area (TPSA) is 69.2 Å². The Bertz CT molecular complexity index is 475. The maximum atomic E-state index is 12.8. The van der Waals surface area contributed by atoms with Crippen molar-refractivity contribution in [1.82, 2.24) is 19.7 Å². The van der Waals surface area contributed by atoms with Crippen LogP contribution in [0.4, 0.5) is 13.2 Å². The summed E-state index contributed by atoms with van der Waals surface area (Å²) in [6, 6.07) is 0. The zero-order valence-electron chi connectivity index (χ0n) is 11.4. The second-order valence-corrected chi connectivity index (χ2v) is 5.14. The van der Waals surface area contributed by atoms with Crippen LogP contribution in [0, 0.1) is 0 Å². The Balaban J connectivity index is 2.22. The molecule has 114 valence electrons. The molecule has 1 aliphatic heterocycles. The lowest BCUT2D eigenvalue weighted by Crippen LogP contribution is -2.56. The van der Waals surface area contributed by atoms with Gasteiger partial charge < -0.3 is 15.0 Å². The lowest BCUT2D eigenvalue weighted by atomic mass is 10.0. The Labute approximate surface area is 114 Å². The monoisotopic (exact) mass is 293 g/mol. The zero-order chi connectivity index (χ0) is 15.0. The van der Waals surface area contributed by atoms with Crippen LogP contribution in [-0.2, 0) is 24.0 Å². The van der Waals surface area contributed by atoms with Crippen molar-refractivity contribution in [3.8, 4) is 0 Å². The van der Waals surface area contributed by atoms with E-state index in [9.17, 15) is 13.2 Å². The van der Waals surface area contributed by atoms with E-state index in [2.05, 4.69) is 10.2 Å². The first kappa shape index (κ1) is 15.2. The lowest BCUT2D eigenvalue weighted by molar-refractivity contribution is -0.148. The molecule has 1 atom stereocenters. The summed E-state index contributed by atoms with van der Waals surface area (Å²) in [6.45, 7) is 3.60. The molecule has 0 amide bonds. The minimum absolute atomic E-state index is 0.191. The number of fused-ring (bicyclic) bond motifs is 1. The molecule has 6 nitrogen and oxygen atoms in total. The highest BCUT2D eigenvalue weighted by Crippen LogP contribution is 2.30. The van der Waals surface area contributed by atoms with E-state index in [4.69, 9.17) is 10.5 Å². The van der Waals surface area contributed by atoms with Crippen LogP contribution < -0.4 is 5.73 Å². The van der Waals surface area contributed by atoms with E-state index in [0.717, 1.165) is 4.57 Å². The number of alkyl halides is 3. The number of nitrogens with zero attached hydrogens (tertiary/aromatic N) is 4. The fourth-order valence-corrected chi connectivity index (χ4v) is 2.42. The number of hydrogen-bond acceptors (Lipinski definition) is 5. The molecule has 0 radical (unpaired) electrons. The van der Waals surface area contributed by atoms with Crippen molar-refractivity contribution < 1.29 is 17.9 Å². The highest BCUT2D eigenvalue weighted by molar-refractivity contribution is 5.04. The second-order valence-electron chi connectivity index (χ2n) is 5.14. The van der Waals surface area contributed by atoms with Gasteiger partial charge in [0.1, 0.15) is 5.82 Å². The largest absolute Gasteiger partial charge is 0.451 e. The number of nitrogens with two attached hydrogens (primary N) is 1. The van der Waals surface area contributed by atoms with E-state index in [-0.39, 0.29) is 13.1 Å². The lowest BCUT2D eigenvalue weighted by Gasteiger charge is -2.42. The molecule has 1 aromatic rings. The van der Waals surface area contributed by atoms with Gasteiger partial charge in [-0.25, -0.2) is 0 Å². The number of rotatable bonds is 4. The van der Waals surface area contributed by atoms with E-state index >= 15 is 0 Å². The van der Waals surface area contributed by atoms with Gasteiger partial charge in [0.15, 0.2) is 0 Å². The minimum atomic E-state index is -4.48. The van der Waals surface area contributed by atoms with Crippen LogP contribution in [0.5, 0.6) is 0 Å². The van der Waals surface area contributed by atoms with Gasteiger partial charge in [0.25, 0.3) is 0 Å². The average Bonchev–Trinajstić information content (AvgIpc) is 2.81. The van der Waals surface area contributed by atoms with Crippen molar-refractivity contribution in [1.29, 1.82) is 0 Å². The summed E-state index contributed by atoms with van der Waals surface area (Å²) in [7, 11) is 1.57. The summed E-state index contributed by atoms with van der Waals surface area (Å²) < 4.78 is 44.5. The van der Waals surface area contributed by atoms with Crippen LogP contribution >= 0.6 is 0 Å². The smallest absolute Gasteiger partial charge is 0.383 e. The Kier molecular flexibility index (Phi) is 4.03. The molecule has 2 N–H and O–H groups in total. The van der Waals surface area contributed by atoms with Gasteiger partial charge in [0, 0.05) is 26.7 Å². The zero-order valence-corrected chi connectivity index (χ0v) is 11.4. The van der Waals surface area contributed by atoms with Gasteiger partial charge in [0.05, 0.1) is 18.7 Å². The summed E-state index contributed by atoms with van der Waals surface area (Å²) >= 11 is 0. The van der Waals surface area contributed by atoms with Gasteiger partial charge in [0.2, 0.25) is 5.82 Å². The summed E-state index contributed by atoms with van der Waals surface area (Å²) in [6.07, 6.45) is -4.48. The molecule has 9 heteroatoms. The minimum Gasteiger partial charge on any atom is -0.383 e.